The Bertz CT molecular complexity index is 457. The molecule has 1 aliphatic rings. The first-order valence-electron chi connectivity index (χ1n) is 4.91. The lowest BCUT2D eigenvalue weighted by Gasteiger charge is -2.20. The van der Waals surface area contributed by atoms with Crippen LogP contribution in [0.2, 0.25) is 0 Å². The predicted octanol–water partition coefficient (Wildman–Crippen LogP) is 0.138. The minimum atomic E-state index is -2.05. The summed E-state index contributed by atoms with van der Waals surface area (Å²) in [6.07, 6.45) is 0. The molecule has 0 radical (unpaired) electrons. The second kappa shape index (κ2) is 3.61. The lowest BCUT2D eigenvalue weighted by Crippen LogP contribution is -2.47. The quantitative estimate of drug-likeness (QED) is 0.696. The number of fused-ring (bicyclic) bond motifs is 1. The lowest BCUT2D eigenvalue weighted by atomic mass is 10.0. The summed E-state index contributed by atoms with van der Waals surface area (Å²) in [4.78, 5) is 23.1. The van der Waals surface area contributed by atoms with Gasteiger partial charge in [0, 0.05) is 11.1 Å². The maximum absolute atomic E-state index is 11.6. The first-order chi connectivity index (χ1) is 7.59. The number of rotatable bonds is 2. The molecule has 0 bridgehead atoms. The molecule has 1 aromatic rings. The Labute approximate surface area is 92.0 Å². The molecule has 0 fully saturated rings. The Hall–Kier alpha value is -1.88. The Kier molecular flexibility index (Phi) is 2.40. The van der Waals surface area contributed by atoms with E-state index in [0.717, 1.165) is 0 Å². The number of esters is 1. The highest BCUT2D eigenvalue weighted by Gasteiger charge is 2.48. The summed E-state index contributed by atoms with van der Waals surface area (Å²) >= 11 is 0. The van der Waals surface area contributed by atoms with Crippen molar-refractivity contribution in [3.05, 3.63) is 35.4 Å². The van der Waals surface area contributed by atoms with Gasteiger partial charge in [-0.2, -0.15) is 0 Å². The smallest absolute Gasteiger partial charge is 0.364 e. The zero-order chi connectivity index (χ0) is 11.8. The zero-order valence-electron chi connectivity index (χ0n) is 8.69. The average molecular weight is 221 g/mol. The molecule has 5 heteroatoms. The van der Waals surface area contributed by atoms with E-state index < -0.39 is 17.6 Å². The van der Waals surface area contributed by atoms with Crippen LogP contribution in [0.15, 0.2) is 24.3 Å². The zero-order valence-corrected chi connectivity index (χ0v) is 8.69. The summed E-state index contributed by atoms with van der Waals surface area (Å²) in [5.41, 5.74) is -1.53. The van der Waals surface area contributed by atoms with Gasteiger partial charge in [0.05, 0.1) is 6.61 Å². The first-order valence-corrected chi connectivity index (χ1v) is 4.91. The summed E-state index contributed by atoms with van der Waals surface area (Å²) in [7, 11) is 0. The molecule has 1 aromatic carbocycles. The molecule has 2 N–H and O–H groups in total. The molecule has 84 valence electrons. The topological polar surface area (TPSA) is 75.6 Å². The maximum atomic E-state index is 11.6. The molecule has 16 heavy (non-hydrogen) atoms. The lowest BCUT2D eigenvalue weighted by molar-refractivity contribution is -0.168. The number of carbonyl (C=O) groups excluding carboxylic acids is 2. The van der Waals surface area contributed by atoms with Gasteiger partial charge in [-0.05, 0) is 13.0 Å². The molecule has 1 heterocycles. The van der Waals surface area contributed by atoms with Crippen LogP contribution in [0, 0.1) is 0 Å². The number of nitrogens with one attached hydrogen (secondary N) is 1. The van der Waals surface area contributed by atoms with Gasteiger partial charge in [0.2, 0.25) is 0 Å². The van der Waals surface area contributed by atoms with E-state index in [1.165, 1.54) is 6.07 Å². The average Bonchev–Trinajstić information content (AvgIpc) is 2.54. The number of hydrogen-bond acceptors (Lipinski definition) is 4. The van der Waals surface area contributed by atoms with E-state index in [-0.39, 0.29) is 17.7 Å². The molecule has 1 unspecified atom stereocenters. The van der Waals surface area contributed by atoms with E-state index in [0.29, 0.717) is 0 Å². The summed E-state index contributed by atoms with van der Waals surface area (Å²) in [6.45, 7) is 1.77. The molecule has 1 aliphatic heterocycles. The molecule has 0 aliphatic carbocycles. The van der Waals surface area contributed by atoms with Gasteiger partial charge in [-0.15, -0.1) is 0 Å². The van der Waals surface area contributed by atoms with Gasteiger partial charge in [-0.1, -0.05) is 18.2 Å². The van der Waals surface area contributed by atoms with Gasteiger partial charge in [0.25, 0.3) is 11.6 Å². The van der Waals surface area contributed by atoms with Crippen LogP contribution in [0.3, 0.4) is 0 Å². The Balaban J connectivity index is 2.46. The number of carbonyl (C=O) groups is 2. The van der Waals surface area contributed by atoms with Gasteiger partial charge < -0.3 is 15.2 Å². The number of aliphatic hydroxyl groups is 1. The minimum Gasteiger partial charge on any atom is -0.462 e. The largest absolute Gasteiger partial charge is 0.462 e. The standard InChI is InChI=1S/C11H11NO4/c1-2-16-10(14)11(15)8-6-4-3-5-7(8)9(13)12-11/h3-6,15H,2H2,1H3,(H,12,13). The summed E-state index contributed by atoms with van der Waals surface area (Å²) in [5, 5.41) is 12.3. The molecule has 1 amide bonds. The highest BCUT2D eigenvalue weighted by Crippen LogP contribution is 2.29. The van der Waals surface area contributed by atoms with Crippen LogP contribution in [0.4, 0.5) is 0 Å². The van der Waals surface area contributed by atoms with Crippen LogP contribution < -0.4 is 5.32 Å². The van der Waals surface area contributed by atoms with Crippen molar-refractivity contribution in [3.63, 3.8) is 0 Å². The molecule has 0 spiro atoms. The van der Waals surface area contributed by atoms with Gasteiger partial charge in [0.15, 0.2) is 0 Å². The highest BCUT2D eigenvalue weighted by atomic mass is 16.6. The fourth-order valence-corrected chi connectivity index (χ4v) is 1.69. The molecular weight excluding hydrogens is 210 g/mol. The Morgan fingerprint density at radius 3 is 2.88 bits per heavy atom. The van der Waals surface area contributed by atoms with Gasteiger partial charge in [-0.25, -0.2) is 4.79 Å². The Morgan fingerprint density at radius 2 is 2.19 bits per heavy atom. The minimum absolute atomic E-state index is 0.138. The van der Waals surface area contributed by atoms with Gasteiger partial charge in [-0.3, -0.25) is 4.79 Å². The SMILES string of the molecule is CCOC(=O)C1(O)NC(=O)c2ccccc21. The van der Waals surface area contributed by atoms with Crippen LogP contribution in [-0.4, -0.2) is 23.6 Å². The van der Waals surface area contributed by atoms with Crippen molar-refractivity contribution in [1.82, 2.24) is 5.32 Å². The van der Waals surface area contributed by atoms with E-state index in [4.69, 9.17) is 4.74 Å². The monoisotopic (exact) mass is 221 g/mol. The second-order valence-electron chi connectivity index (χ2n) is 3.43. The van der Waals surface area contributed by atoms with E-state index in [2.05, 4.69) is 5.32 Å². The third-order valence-electron chi connectivity index (χ3n) is 2.43. The maximum Gasteiger partial charge on any atom is 0.364 e. The summed E-state index contributed by atoms with van der Waals surface area (Å²) < 4.78 is 4.73. The van der Waals surface area contributed by atoms with Crippen LogP contribution in [0.5, 0.6) is 0 Å². The van der Waals surface area contributed by atoms with Crippen molar-refractivity contribution in [3.8, 4) is 0 Å². The van der Waals surface area contributed by atoms with Crippen LogP contribution in [0.25, 0.3) is 0 Å². The molecule has 0 saturated heterocycles. The van der Waals surface area contributed by atoms with Crippen molar-refractivity contribution in [1.29, 1.82) is 0 Å². The fourth-order valence-electron chi connectivity index (χ4n) is 1.69. The molecular formula is C11H11NO4. The van der Waals surface area contributed by atoms with Crippen LogP contribution >= 0.6 is 0 Å². The molecule has 2 rings (SSSR count). The van der Waals surface area contributed by atoms with Crippen molar-refractivity contribution >= 4 is 11.9 Å². The number of benzene rings is 1. The van der Waals surface area contributed by atoms with E-state index >= 15 is 0 Å². The summed E-state index contributed by atoms with van der Waals surface area (Å²) in [6, 6.07) is 6.37. The van der Waals surface area contributed by atoms with Gasteiger partial charge >= 0.3 is 5.97 Å². The fraction of sp³-hybridized carbons (Fsp3) is 0.273. The number of hydrogen-bond donors (Lipinski definition) is 2. The molecule has 0 saturated carbocycles. The molecule has 1 atom stereocenters. The summed E-state index contributed by atoms with van der Waals surface area (Å²) in [5.74, 6) is -1.35. The third-order valence-corrected chi connectivity index (χ3v) is 2.43. The normalized spacial score (nSPS) is 22.5. The van der Waals surface area contributed by atoms with E-state index in [9.17, 15) is 14.7 Å². The van der Waals surface area contributed by atoms with E-state index in [1.54, 1.807) is 25.1 Å². The van der Waals surface area contributed by atoms with Crippen molar-refractivity contribution in [2.24, 2.45) is 0 Å². The predicted molar refractivity (Wildman–Crippen MR) is 54.4 cm³/mol. The second-order valence-corrected chi connectivity index (χ2v) is 3.43. The van der Waals surface area contributed by atoms with Gasteiger partial charge in [0.1, 0.15) is 0 Å². The first kappa shape index (κ1) is 10.6. The third kappa shape index (κ3) is 1.37. The van der Waals surface area contributed by atoms with E-state index in [1.807, 2.05) is 0 Å². The Morgan fingerprint density at radius 1 is 1.50 bits per heavy atom. The molecule has 5 nitrogen and oxygen atoms in total. The van der Waals surface area contributed by atoms with Crippen molar-refractivity contribution in [2.75, 3.05) is 6.61 Å². The molecule has 0 aromatic heterocycles. The van der Waals surface area contributed by atoms with Crippen LogP contribution in [0.1, 0.15) is 22.8 Å². The number of ether oxygens (including phenoxy) is 1. The van der Waals surface area contributed by atoms with Crippen molar-refractivity contribution in [2.45, 2.75) is 12.6 Å². The van der Waals surface area contributed by atoms with Crippen LogP contribution in [-0.2, 0) is 15.3 Å². The number of amides is 1. The van der Waals surface area contributed by atoms with Crippen molar-refractivity contribution < 1.29 is 19.4 Å². The highest BCUT2D eigenvalue weighted by molar-refractivity contribution is 6.04.